The van der Waals surface area contributed by atoms with Crippen LogP contribution in [0.25, 0.3) is 0 Å². The molecule has 2 rings (SSSR count). The summed E-state index contributed by atoms with van der Waals surface area (Å²) in [5.41, 5.74) is 2.70. The van der Waals surface area contributed by atoms with Crippen LogP contribution in [0.2, 0.25) is 0 Å². The fourth-order valence-corrected chi connectivity index (χ4v) is 2.68. The Kier molecular flexibility index (Phi) is 4.73. The molecule has 1 aromatic carbocycles. The molecule has 0 saturated heterocycles. The van der Waals surface area contributed by atoms with E-state index >= 15 is 0 Å². The Balaban J connectivity index is 2.34. The molecule has 1 heterocycles. The third-order valence-electron chi connectivity index (χ3n) is 3.31. The largest absolute Gasteiger partial charge is 0.496 e. The first kappa shape index (κ1) is 15.6. The fraction of sp³-hybridized carbons (Fsp3) is 0.250. The lowest BCUT2D eigenvalue weighted by atomic mass is 10.0. The van der Waals surface area contributed by atoms with Crippen molar-refractivity contribution in [3.63, 3.8) is 0 Å². The van der Waals surface area contributed by atoms with Crippen molar-refractivity contribution in [3.05, 3.63) is 57.1 Å². The highest BCUT2D eigenvalue weighted by Gasteiger charge is 2.16. The molecule has 3 nitrogen and oxygen atoms in total. The van der Waals surface area contributed by atoms with Gasteiger partial charge < -0.3 is 4.74 Å². The first-order valence-electron chi connectivity index (χ1n) is 6.41. The molecule has 1 aromatic heterocycles. The molecular weight excluding hydrogens is 337 g/mol. The van der Waals surface area contributed by atoms with Crippen LogP contribution in [0, 0.1) is 19.7 Å². The van der Waals surface area contributed by atoms with Crippen molar-refractivity contribution < 1.29 is 13.9 Å². The molecule has 0 aliphatic rings. The second-order valence-electron chi connectivity index (χ2n) is 4.77. The average Bonchev–Trinajstić information content (AvgIpc) is 2.45. The third-order valence-corrected chi connectivity index (χ3v) is 4.00. The number of benzene rings is 1. The third kappa shape index (κ3) is 3.29. The predicted molar refractivity (Wildman–Crippen MR) is 82.4 cm³/mol. The van der Waals surface area contributed by atoms with Crippen molar-refractivity contribution in [1.29, 1.82) is 0 Å². The first-order valence-corrected chi connectivity index (χ1v) is 7.20. The minimum Gasteiger partial charge on any atom is -0.496 e. The fourth-order valence-electron chi connectivity index (χ4n) is 2.21. The Morgan fingerprint density at radius 3 is 2.76 bits per heavy atom. The van der Waals surface area contributed by atoms with Crippen LogP contribution in [0.5, 0.6) is 5.75 Å². The molecule has 2 aromatic rings. The van der Waals surface area contributed by atoms with Gasteiger partial charge in [-0.05, 0) is 32.0 Å². The Morgan fingerprint density at radius 2 is 2.10 bits per heavy atom. The van der Waals surface area contributed by atoms with Crippen molar-refractivity contribution >= 4 is 21.7 Å². The molecule has 0 aliphatic carbocycles. The van der Waals surface area contributed by atoms with Crippen LogP contribution in [-0.4, -0.2) is 17.9 Å². The first-order chi connectivity index (χ1) is 9.93. The van der Waals surface area contributed by atoms with Crippen LogP contribution >= 0.6 is 15.9 Å². The second kappa shape index (κ2) is 6.35. The van der Waals surface area contributed by atoms with E-state index in [-0.39, 0.29) is 12.2 Å². The Bertz CT molecular complexity index is 701. The lowest BCUT2D eigenvalue weighted by Crippen LogP contribution is -2.09. The van der Waals surface area contributed by atoms with Crippen LogP contribution in [-0.2, 0) is 6.42 Å². The van der Waals surface area contributed by atoms with Gasteiger partial charge in [0, 0.05) is 27.4 Å². The number of nitrogens with zero attached hydrogens (tertiary/aromatic N) is 1. The van der Waals surface area contributed by atoms with E-state index in [1.54, 1.807) is 13.3 Å². The van der Waals surface area contributed by atoms with Crippen LogP contribution in [0.1, 0.15) is 27.2 Å². The predicted octanol–water partition coefficient (Wildman–Crippen LogP) is 4.03. The minimum atomic E-state index is -0.437. The minimum absolute atomic E-state index is 0.102. The van der Waals surface area contributed by atoms with Crippen molar-refractivity contribution in [2.75, 3.05) is 7.11 Å². The second-order valence-corrected chi connectivity index (χ2v) is 5.62. The maximum Gasteiger partial charge on any atom is 0.170 e. The molecule has 5 heteroatoms. The molecule has 0 saturated carbocycles. The van der Waals surface area contributed by atoms with Gasteiger partial charge >= 0.3 is 0 Å². The van der Waals surface area contributed by atoms with E-state index < -0.39 is 5.82 Å². The summed E-state index contributed by atoms with van der Waals surface area (Å²) in [6, 6.07) is 4.06. The van der Waals surface area contributed by atoms with Gasteiger partial charge in [-0.2, -0.15) is 0 Å². The molecule has 0 amide bonds. The molecule has 0 fully saturated rings. The monoisotopic (exact) mass is 351 g/mol. The summed E-state index contributed by atoms with van der Waals surface area (Å²) < 4.78 is 19.2. The summed E-state index contributed by atoms with van der Waals surface area (Å²) in [5.74, 6) is 0.0988. The Hall–Kier alpha value is -1.75. The summed E-state index contributed by atoms with van der Waals surface area (Å²) in [5, 5.41) is 0. The Morgan fingerprint density at radius 1 is 1.38 bits per heavy atom. The smallest absolute Gasteiger partial charge is 0.170 e. The van der Waals surface area contributed by atoms with Crippen molar-refractivity contribution in [3.8, 4) is 5.75 Å². The number of aryl methyl sites for hydroxylation is 1. The molecule has 0 spiro atoms. The summed E-state index contributed by atoms with van der Waals surface area (Å²) in [6.45, 7) is 3.76. The number of methoxy groups -OCH3 is 1. The van der Waals surface area contributed by atoms with Crippen molar-refractivity contribution in [2.24, 2.45) is 0 Å². The average molecular weight is 352 g/mol. The molecule has 0 aliphatic heterocycles. The molecule has 110 valence electrons. The van der Waals surface area contributed by atoms with Crippen LogP contribution in [0.15, 0.2) is 28.9 Å². The molecule has 0 atom stereocenters. The van der Waals surface area contributed by atoms with E-state index in [2.05, 4.69) is 20.9 Å². The van der Waals surface area contributed by atoms with Crippen molar-refractivity contribution in [1.82, 2.24) is 4.98 Å². The van der Waals surface area contributed by atoms with E-state index in [9.17, 15) is 9.18 Å². The highest BCUT2D eigenvalue weighted by molar-refractivity contribution is 9.10. The lowest BCUT2D eigenvalue weighted by Gasteiger charge is -2.12. The lowest BCUT2D eigenvalue weighted by molar-refractivity contribution is 0.0990. The van der Waals surface area contributed by atoms with Crippen LogP contribution in [0.3, 0.4) is 0 Å². The summed E-state index contributed by atoms with van der Waals surface area (Å²) >= 11 is 3.27. The zero-order chi connectivity index (χ0) is 15.6. The van der Waals surface area contributed by atoms with E-state index in [4.69, 9.17) is 4.74 Å². The van der Waals surface area contributed by atoms with Crippen molar-refractivity contribution in [2.45, 2.75) is 20.3 Å². The molecule has 0 bridgehead atoms. The van der Waals surface area contributed by atoms with Crippen LogP contribution < -0.4 is 4.74 Å². The SMILES string of the molecule is COc1c(C)cnc(CC(=O)c2cc(F)ccc2Br)c1C. The normalized spacial score (nSPS) is 10.5. The molecule has 0 radical (unpaired) electrons. The zero-order valence-electron chi connectivity index (χ0n) is 12.0. The van der Waals surface area contributed by atoms with Gasteiger partial charge in [0.2, 0.25) is 0 Å². The summed E-state index contributed by atoms with van der Waals surface area (Å²) in [6.07, 6.45) is 1.78. The number of carbonyl (C=O) groups is 1. The van der Waals surface area contributed by atoms with Gasteiger partial charge in [-0.1, -0.05) is 15.9 Å². The topological polar surface area (TPSA) is 39.2 Å². The van der Waals surface area contributed by atoms with Gasteiger partial charge in [0.1, 0.15) is 11.6 Å². The summed E-state index contributed by atoms with van der Waals surface area (Å²) in [4.78, 5) is 16.6. The zero-order valence-corrected chi connectivity index (χ0v) is 13.6. The standard InChI is InChI=1S/C16H15BrFNO2/c1-9-8-19-14(10(2)16(9)21-3)7-15(20)12-6-11(18)4-5-13(12)17/h4-6,8H,7H2,1-3H3. The quantitative estimate of drug-likeness (QED) is 0.780. The van der Waals surface area contributed by atoms with Gasteiger partial charge in [0.25, 0.3) is 0 Å². The van der Waals surface area contributed by atoms with E-state index in [0.717, 1.165) is 16.9 Å². The number of hydrogen-bond acceptors (Lipinski definition) is 3. The number of rotatable bonds is 4. The number of pyridine rings is 1. The highest BCUT2D eigenvalue weighted by atomic mass is 79.9. The number of halogens is 2. The maximum atomic E-state index is 13.3. The van der Waals surface area contributed by atoms with E-state index in [1.807, 2.05) is 13.8 Å². The van der Waals surface area contributed by atoms with Gasteiger partial charge in [-0.3, -0.25) is 9.78 Å². The number of aromatic nitrogens is 1. The number of ether oxygens (including phenoxy) is 1. The number of carbonyl (C=O) groups excluding carboxylic acids is 1. The molecule has 21 heavy (non-hydrogen) atoms. The van der Waals surface area contributed by atoms with E-state index in [1.165, 1.54) is 18.2 Å². The Labute approximate surface area is 131 Å². The summed E-state index contributed by atoms with van der Waals surface area (Å²) in [7, 11) is 1.59. The molecule has 0 N–H and O–H groups in total. The number of hydrogen-bond donors (Lipinski definition) is 0. The highest BCUT2D eigenvalue weighted by Crippen LogP contribution is 2.26. The van der Waals surface area contributed by atoms with Gasteiger partial charge in [0.05, 0.1) is 19.2 Å². The molecule has 0 unspecified atom stereocenters. The van der Waals surface area contributed by atoms with Crippen LogP contribution in [0.4, 0.5) is 4.39 Å². The molecular formula is C16H15BrFNO2. The maximum absolute atomic E-state index is 13.3. The van der Waals surface area contributed by atoms with E-state index in [0.29, 0.717) is 15.7 Å². The van der Waals surface area contributed by atoms with Gasteiger partial charge in [0.15, 0.2) is 5.78 Å². The van der Waals surface area contributed by atoms with Gasteiger partial charge in [-0.15, -0.1) is 0 Å². The number of ketones is 1. The number of Topliss-reactive ketones (excluding diaryl/α,β-unsaturated/α-hetero) is 1. The van der Waals surface area contributed by atoms with Gasteiger partial charge in [-0.25, -0.2) is 4.39 Å².